The number of benzene rings is 1. The van der Waals surface area contributed by atoms with Crippen molar-refractivity contribution in [3.05, 3.63) is 29.8 Å². The van der Waals surface area contributed by atoms with Crippen LogP contribution in [-0.2, 0) is 11.3 Å². The van der Waals surface area contributed by atoms with Crippen molar-refractivity contribution in [3.8, 4) is 5.75 Å². The first-order valence-corrected chi connectivity index (χ1v) is 7.15. The van der Waals surface area contributed by atoms with E-state index in [-0.39, 0.29) is 22.4 Å². The van der Waals surface area contributed by atoms with Crippen LogP contribution in [0.2, 0.25) is 0 Å². The van der Waals surface area contributed by atoms with E-state index in [9.17, 15) is 13.6 Å². The number of carbonyl (C=O) groups excluding carboxylic acids is 1. The van der Waals surface area contributed by atoms with Gasteiger partial charge in [-0.15, -0.1) is 0 Å². The number of alkyl halides is 3. The summed E-state index contributed by atoms with van der Waals surface area (Å²) < 4.78 is 28.3. The van der Waals surface area contributed by atoms with Gasteiger partial charge < -0.3 is 9.64 Å². The zero-order chi connectivity index (χ0) is 15.3. The average molecular weight is 350 g/mol. The minimum absolute atomic E-state index is 0.00657. The zero-order valence-electron chi connectivity index (χ0n) is 11.6. The van der Waals surface area contributed by atoms with Gasteiger partial charge in [0.05, 0.1) is 4.83 Å². The molecule has 1 amide bonds. The number of amides is 1. The highest BCUT2D eigenvalue weighted by Crippen LogP contribution is 2.18. The third-order valence-electron chi connectivity index (χ3n) is 2.77. The van der Waals surface area contributed by atoms with Crippen molar-refractivity contribution in [2.24, 2.45) is 5.92 Å². The summed E-state index contributed by atoms with van der Waals surface area (Å²) in [4.78, 5) is 13.4. The van der Waals surface area contributed by atoms with Crippen LogP contribution in [0.25, 0.3) is 0 Å². The number of rotatable bonds is 6. The fourth-order valence-corrected chi connectivity index (χ4v) is 1.97. The third-order valence-corrected chi connectivity index (χ3v) is 4.21. The summed E-state index contributed by atoms with van der Waals surface area (Å²) in [5.74, 6) is 0.304. The Morgan fingerprint density at radius 2 is 1.85 bits per heavy atom. The maximum Gasteiger partial charge on any atom is 0.387 e. The maximum absolute atomic E-state index is 12.1. The van der Waals surface area contributed by atoms with Crippen LogP contribution in [0.15, 0.2) is 24.3 Å². The predicted octanol–water partition coefficient (Wildman–Crippen LogP) is 3.67. The number of hydrogen-bond acceptors (Lipinski definition) is 2. The van der Waals surface area contributed by atoms with Crippen molar-refractivity contribution in [2.45, 2.75) is 31.8 Å². The maximum atomic E-state index is 12.1. The van der Waals surface area contributed by atoms with E-state index < -0.39 is 6.61 Å². The summed E-state index contributed by atoms with van der Waals surface area (Å²) in [6.45, 7) is 1.51. The van der Waals surface area contributed by atoms with E-state index in [0.29, 0.717) is 6.54 Å². The Morgan fingerprint density at radius 3 is 2.30 bits per heavy atom. The first-order chi connectivity index (χ1) is 9.31. The van der Waals surface area contributed by atoms with Gasteiger partial charge in [-0.2, -0.15) is 8.78 Å². The van der Waals surface area contributed by atoms with Crippen LogP contribution in [0.4, 0.5) is 8.78 Å². The molecule has 0 saturated heterocycles. The van der Waals surface area contributed by atoms with E-state index >= 15 is 0 Å². The summed E-state index contributed by atoms with van der Waals surface area (Å²) in [7, 11) is 1.71. The molecule has 3 nitrogen and oxygen atoms in total. The van der Waals surface area contributed by atoms with Gasteiger partial charge in [0.25, 0.3) is 0 Å². The van der Waals surface area contributed by atoms with Gasteiger partial charge in [-0.25, -0.2) is 0 Å². The minimum atomic E-state index is -2.83. The van der Waals surface area contributed by atoms with Crippen LogP contribution in [0, 0.1) is 5.92 Å². The SMILES string of the molecule is CC(C)C(Br)C(=O)N(C)Cc1ccc(OC(F)F)cc1. The lowest BCUT2D eigenvalue weighted by Crippen LogP contribution is -2.35. The molecule has 0 heterocycles. The Balaban J connectivity index is 2.62. The van der Waals surface area contributed by atoms with Gasteiger partial charge in [0.1, 0.15) is 5.75 Å². The van der Waals surface area contributed by atoms with Gasteiger partial charge >= 0.3 is 6.61 Å². The van der Waals surface area contributed by atoms with Crippen LogP contribution < -0.4 is 4.74 Å². The Labute approximate surface area is 126 Å². The molecule has 0 bridgehead atoms. The average Bonchev–Trinajstić information content (AvgIpc) is 2.38. The number of halogens is 3. The number of carbonyl (C=O) groups is 1. The second-order valence-corrected chi connectivity index (χ2v) is 5.85. The smallest absolute Gasteiger partial charge is 0.387 e. The van der Waals surface area contributed by atoms with Crippen molar-refractivity contribution >= 4 is 21.8 Å². The fourth-order valence-electron chi connectivity index (χ4n) is 1.62. The summed E-state index contributed by atoms with van der Waals surface area (Å²) in [6.07, 6.45) is 0. The molecule has 20 heavy (non-hydrogen) atoms. The van der Waals surface area contributed by atoms with E-state index in [4.69, 9.17) is 0 Å². The number of ether oxygens (including phenoxy) is 1. The van der Waals surface area contributed by atoms with Crippen LogP contribution in [0.5, 0.6) is 5.75 Å². The van der Waals surface area contributed by atoms with Crippen LogP contribution in [-0.4, -0.2) is 29.3 Å². The molecule has 0 spiro atoms. The van der Waals surface area contributed by atoms with Gasteiger partial charge in [-0.1, -0.05) is 41.9 Å². The molecule has 1 aromatic rings. The molecule has 0 saturated carbocycles. The molecule has 0 fully saturated rings. The summed E-state index contributed by atoms with van der Waals surface area (Å²) >= 11 is 3.37. The molecule has 0 radical (unpaired) electrons. The van der Waals surface area contributed by atoms with E-state index in [1.807, 2.05) is 13.8 Å². The molecule has 0 aromatic heterocycles. The topological polar surface area (TPSA) is 29.5 Å². The Morgan fingerprint density at radius 1 is 1.30 bits per heavy atom. The lowest BCUT2D eigenvalue weighted by molar-refractivity contribution is -0.130. The van der Waals surface area contributed by atoms with Crippen molar-refractivity contribution in [3.63, 3.8) is 0 Å². The lowest BCUT2D eigenvalue weighted by atomic mass is 10.1. The molecular formula is C14H18BrF2NO2. The van der Waals surface area contributed by atoms with E-state index in [2.05, 4.69) is 20.7 Å². The van der Waals surface area contributed by atoms with Crippen molar-refractivity contribution in [1.29, 1.82) is 0 Å². The summed E-state index contributed by atoms with van der Waals surface area (Å²) in [5, 5.41) is 0. The van der Waals surface area contributed by atoms with Crippen LogP contribution in [0.1, 0.15) is 19.4 Å². The normalized spacial score (nSPS) is 12.6. The minimum Gasteiger partial charge on any atom is -0.435 e. The Kier molecular flexibility index (Phi) is 6.39. The molecule has 1 atom stereocenters. The molecule has 0 aliphatic carbocycles. The first-order valence-electron chi connectivity index (χ1n) is 6.24. The molecule has 112 valence electrons. The van der Waals surface area contributed by atoms with Gasteiger partial charge in [0.15, 0.2) is 0 Å². The molecule has 6 heteroatoms. The molecule has 1 rings (SSSR count). The standard InChI is InChI=1S/C14H18BrF2NO2/c1-9(2)12(15)13(19)18(3)8-10-4-6-11(7-5-10)20-14(16)17/h4-7,9,12,14H,8H2,1-3H3. The van der Waals surface area contributed by atoms with E-state index in [0.717, 1.165) is 5.56 Å². The van der Waals surface area contributed by atoms with Gasteiger partial charge in [0.2, 0.25) is 5.91 Å². The van der Waals surface area contributed by atoms with Gasteiger partial charge in [-0.3, -0.25) is 4.79 Å². The molecule has 0 aliphatic heterocycles. The highest BCUT2D eigenvalue weighted by atomic mass is 79.9. The summed E-state index contributed by atoms with van der Waals surface area (Å²) in [6, 6.07) is 6.27. The highest BCUT2D eigenvalue weighted by Gasteiger charge is 2.22. The Bertz CT molecular complexity index is 437. The first kappa shape index (κ1) is 16.9. The molecular weight excluding hydrogens is 332 g/mol. The largest absolute Gasteiger partial charge is 0.435 e. The van der Waals surface area contributed by atoms with Crippen LogP contribution >= 0.6 is 15.9 Å². The highest BCUT2D eigenvalue weighted by molar-refractivity contribution is 9.10. The monoisotopic (exact) mass is 349 g/mol. The van der Waals surface area contributed by atoms with Crippen molar-refractivity contribution in [2.75, 3.05) is 7.05 Å². The van der Waals surface area contributed by atoms with E-state index in [1.165, 1.54) is 12.1 Å². The molecule has 1 aromatic carbocycles. The third kappa shape index (κ3) is 5.07. The zero-order valence-corrected chi connectivity index (χ0v) is 13.2. The lowest BCUT2D eigenvalue weighted by Gasteiger charge is -2.22. The van der Waals surface area contributed by atoms with Crippen molar-refractivity contribution < 1.29 is 18.3 Å². The van der Waals surface area contributed by atoms with Crippen molar-refractivity contribution in [1.82, 2.24) is 4.90 Å². The van der Waals surface area contributed by atoms with Crippen LogP contribution in [0.3, 0.4) is 0 Å². The summed E-state index contributed by atoms with van der Waals surface area (Å²) in [5.41, 5.74) is 0.853. The fraction of sp³-hybridized carbons (Fsp3) is 0.500. The van der Waals surface area contributed by atoms with Gasteiger partial charge in [0, 0.05) is 13.6 Å². The van der Waals surface area contributed by atoms with E-state index in [1.54, 1.807) is 24.1 Å². The number of nitrogens with zero attached hydrogens (tertiary/aromatic N) is 1. The Hall–Kier alpha value is -1.17. The second kappa shape index (κ2) is 7.57. The molecule has 0 N–H and O–H groups in total. The molecule has 0 aliphatic rings. The molecule has 1 unspecified atom stereocenters. The number of hydrogen-bond donors (Lipinski definition) is 0. The second-order valence-electron chi connectivity index (χ2n) is 4.86. The van der Waals surface area contributed by atoms with Gasteiger partial charge in [-0.05, 0) is 23.6 Å². The predicted molar refractivity (Wildman–Crippen MR) is 77.1 cm³/mol. The quantitative estimate of drug-likeness (QED) is 0.733.